The van der Waals surface area contributed by atoms with Crippen LogP contribution in [-0.2, 0) is 6.42 Å². The molecule has 0 saturated carbocycles. The Morgan fingerprint density at radius 1 is 1.00 bits per heavy atom. The molecule has 2 nitrogen and oxygen atoms in total. The lowest BCUT2D eigenvalue weighted by Crippen LogP contribution is -2.00. The molecule has 0 aliphatic rings. The van der Waals surface area contributed by atoms with Gasteiger partial charge in [0, 0.05) is 11.4 Å². The van der Waals surface area contributed by atoms with Gasteiger partial charge in [-0.15, -0.1) is 11.6 Å². The summed E-state index contributed by atoms with van der Waals surface area (Å²) in [4.78, 5) is 0. The number of phenolic OH excluding ortho intramolecular Hbond substituents is 2. The lowest BCUT2D eigenvalue weighted by molar-refractivity contribution is 0.445. The van der Waals surface area contributed by atoms with E-state index in [1.165, 1.54) is 18.9 Å². The second kappa shape index (κ2) is 7.52. The number of hydrogen-bond acceptors (Lipinski definition) is 2. The maximum absolute atomic E-state index is 9.41. The lowest BCUT2D eigenvalue weighted by atomic mass is 9.95. The molecule has 0 unspecified atom stereocenters. The van der Waals surface area contributed by atoms with Gasteiger partial charge in [-0.3, -0.25) is 0 Å². The number of alkyl halides is 1. The summed E-state index contributed by atoms with van der Waals surface area (Å²) in [5.74, 6) is 0.818. The van der Waals surface area contributed by atoms with Gasteiger partial charge in [0.2, 0.25) is 0 Å². The van der Waals surface area contributed by atoms with Gasteiger partial charge in [0.1, 0.15) is 11.5 Å². The number of aromatic hydroxyl groups is 2. The summed E-state index contributed by atoms with van der Waals surface area (Å²) in [5, 5.41) is 19.1. The van der Waals surface area contributed by atoms with Gasteiger partial charge in [-0.2, -0.15) is 0 Å². The molecular weight excluding hydrogens is 248 g/mol. The maximum Gasteiger partial charge on any atom is 0.119 e. The quantitative estimate of drug-likeness (QED) is 0.567. The molecule has 0 saturated heterocycles. The summed E-state index contributed by atoms with van der Waals surface area (Å²) in [6.45, 7) is 4.23. The van der Waals surface area contributed by atoms with Crippen LogP contribution in [0.3, 0.4) is 0 Å². The van der Waals surface area contributed by atoms with Crippen LogP contribution in [0.2, 0.25) is 0 Å². The van der Waals surface area contributed by atoms with E-state index in [9.17, 15) is 10.2 Å². The first-order valence-electron chi connectivity index (χ1n) is 6.63. The Labute approximate surface area is 115 Å². The van der Waals surface area contributed by atoms with Gasteiger partial charge < -0.3 is 10.2 Å². The van der Waals surface area contributed by atoms with E-state index < -0.39 is 0 Å². The molecule has 102 valence electrons. The summed E-state index contributed by atoms with van der Waals surface area (Å²) >= 11 is 5.90. The number of hydrogen-bond donors (Lipinski definition) is 2. The third-order valence-electron chi connectivity index (χ3n) is 3.10. The van der Waals surface area contributed by atoms with Crippen molar-refractivity contribution in [2.45, 2.75) is 51.3 Å². The number of phenols is 2. The third-order valence-corrected chi connectivity index (χ3v) is 3.31. The topological polar surface area (TPSA) is 40.5 Å². The molecule has 0 radical (unpaired) electrons. The standard InChI is InChI=1S/C15H23ClO2/c1-11(5-3-4-6-12(2)16)7-13-8-14(17)10-15(18)9-13/h8-12,17-18H,3-7H2,1-2H3/t11-,12+/m0/s1. The Bertz CT molecular complexity index is 343. The highest BCUT2D eigenvalue weighted by molar-refractivity contribution is 6.20. The van der Waals surface area contributed by atoms with Crippen LogP contribution in [0.4, 0.5) is 0 Å². The molecule has 2 atom stereocenters. The smallest absolute Gasteiger partial charge is 0.119 e. The van der Waals surface area contributed by atoms with E-state index in [-0.39, 0.29) is 16.9 Å². The van der Waals surface area contributed by atoms with Crippen molar-refractivity contribution in [3.63, 3.8) is 0 Å². The Kier molecular flexibility index (Phi) is 6.34. The zero-order chi connectivity index (χ0) is 13.5. The van der Waals surface area contributed by atoms with Crippen LogP contribution >= 0.6 is 11.6 Å². The summed E-state index contributed by atoms with van der Waals surface area (Å²) in [6, 6.07) is 4.80. The summed E-state index contributed by atoms with van der Waals surface area (Å²) in [7, 11) is 0. The summed E-state index contributed by atoms with van der Waals surface area (Å²) in [5.41, 5.74) is 0.991. The van der Waals surface area contributed by atoms with Crippen molar-refractivity contribution < 1.29 is 10.2 Å². The minimum absolute atomic E-state index is 0.133. The first-order chi connectivity index (χ1) is 8.47. The van der Waals surface area contributed by atoms with E-state index in [4.69, 9.17) is 11.6 Å². The van der Waals surface area contributed by atoms with Crippen molar-refractivity contribution in [3.05, 3.63) is 23.8 Å². The van der Waals surface area contributed by atoms with Gasteiger partial charge in [-0.25, -0.2) is 0 Å². The molecule has 0 amide bonds. The predicted molar refractivity (Wildman–Crippen MR) is 76.4 cm³/mol. The number of unbranched alkanes of at least 4 members (excludes halogenated alkanes) is 1. The Morgan fingerprint density at radius 2 is 1.56 bits per heavy atom. The molecule has 0 aromatic heterocycles. The SMILES string of the molecule is C[C@@H](CCCC[C@@H](C)Cl)Cc1cc(O)cc(O)c1. The van der Waals surface area contributed by atoms with Crippen molar-refractivity contribution in [2.75, 3.05) is 0 Å². The fourth-order valence-electron chi connectivity index (χ4n) is 2.20. The predicted octanol–water partition coefficient (Wildman–Crippen LogP) is 4.46. The highest BCUT2D eigenvalue weighted by Gasteiger charge is 2.06. The van der Waals surface area contributed by atoms with Crippen molar-refractivity contribution in [1.82, 2.24) is 0 Å². The molecule has 3 heteroatoms. The molecule has 0 spiro atoms. The summed E-state index contributed by atoms with van der Waals surface area (Å²) < 4.78 is 0. The fraction of sp³-hybridized carbons (Fsp3) is 0.600. The van der Waals surface area contributed by atoms with Crippen molar-refractivity contribution in [1.29, 1.82) is 0 Å². The van der Waals surface area contributed by atoms with Crippen LogP contribution < -0.4 is 0 Å². The monoisotopic (exact) mass is 270 g/mol. The van der Waals surface area contributed by atoms with Gasteiger partial charge in [-0.05, 0) is 43.4 Å². The minimum atomic E-state index is 0.133. The second-order valence-electron chi connectivity index (χ2n) is 5.23. The molecule has 0 fully saturated rings. The zero-order valence-electron chi connectivity index (χ0n) is 11.2. The van der Waals surface area contributed by atoms with Gasteiger partial charge in [0.25, 0.3) is 0 Å². The average molecular weight is 271 g/mol. The molecule has 0 heterocycles. The number of halogens is 1. The van der Waals surface area contributed by atoms with E-state index in [1.807, 2.05) is 6.92 Å². The van der Waals surface area contributed by atoms with E-state index in [0.29, 0.717) is 5.92 Å². The fourth-order valence-corrected chi connectivity index (χ4v) is 2.35. The largest absolute Gasteiger partial charge is 0.508 e. The Morgan fingerprint density at radius 3 is 2.11 bits per heavy atom. The molecule has 0 aliphatic carbocycles. The summed E-state index contributed by atoms with van der Waals surface area (Å²) in [6.07, 6.45) is 5.46. The van der Waals surface area contributed by atoms with E-state index >= 15 is 0 Å². The first-order valence-corrected chi connectivity index (χ1v) is 7.07. The number of benzene rings is 1. The average Bonchev–Trinajstić information content (AvgIpc) is 2.22. The van der Waals surface area contributed by atoms with Crippen molar-refractivity contribution in [3.8, 4) is 11.5 Å². The molecule has 1 aromatic carbocycles. The molecule has 1 aromatic rings. The highest BCUT2D eigenvalue weighted by atomic mass is 35.5. The van der Waals surface area contributed by atoms with E-state index in [0.717, 1.165) is 24.8 Å². The molecular formula is C15H23ClO2. The van der Waals surface area contributed by atoms with E-state index in [2.05, 4.69) is 6.92 Å². The lowest BCUT2D eigenvalue weighted by Gasteiger charge is -2.12. The third kappa shape index (κ3) is 6.15. The van der Waals surface area contributed by atoms with Crippen LogP contribution in [0, 0.1) is 5.92 Å². The zero-order valence-corrected chi connectivity index (χ0v) is 12.0. The normalized spacial score (nSPS) is 14.4. The Hall–Kier alpha value is -0.890. The van der Waals surface area contributed by atoms with E-state index in [1.54, 1.807) is 12.1 Å². The number of rotatable bonds is 7. The van der Waals surface area contributed by atoms with Crippen LogP contribution in [0.5, 0.6) is 11.5 Å². The maximum atomic E-state index is 9.41. The molecule has 1 rings (SSSR count). The second-order valence-corrected chi connectivity index (χ2v) is 5.98. The van der Waals surface area contributed by atoms with Gasteiger partial charge in [0.05, 0.1) is 0 Å². The first kappa shape index (κ1) is 15.2. The van der Waals surface area contributed by atoms with Crippen LogP contribution in [0.15, 0.2) is 18.2 Å². The van der Waals surface area contributed by atoms with Crippen molar-refractivity contribution in [2.24, 2.45) is 5.92 Å². The highest BCUT2D eigenvalue weighted by Crippen LogP contribution is 2.24. The van der Waals surface area contributed by atoms with Gasteiger partial charge in [-0.1, -0.05) is 26.2 Å². The Balaban J connectivity index is 2.33. The van der Waals surface area contributed by atoms with Gasteiger partial charge in [0.15, 0.2) is 0 Å². The minimum Gasteiger partial charge on any atom is -0.508 e. The molecule has 0 bridgehead atoms. The molecule has 2 N–H and O–H groups in total. The van der Waals surface area contributed by atoms with Crippen LogP contribution in [0.25, 0.3) is 0 Å². The van der Waals surface area contributed by atoms with Crippen LogP contribution in [-0.4, -0.2) is 15.6 Å². The van der Waals surface area contributed by atoms with Crippen molar-refractivity contribution >= 4 is 11.6 Å². The molecule has 0 aliphatic heterocycles. The van der Waals surface area contributed by atoms with Crippen LogP contribution in [0.1, 0.15) is 45.1 Å². The molecule has 18 heavy (non-hydrogen) atoms. The van der Waals surface area contributed by atoms with Gasteiger partial charge >= 0.3 is 0 Å².